The van der Waals surface area contributed by atoms with Gasteiger partial charge in [0.1, 0.15) is 0 Å². The normalized spacial score (nSPS) is 14.4. The van der Waals surface area contributed by atoms with E-state index in [2.05, 4.69) is 50.0 Å². The summed E-state index contributed by atoms with van der Waals surface area (Å²) in [4.78, 5) is 0. The number of hydrogen-bond acceptors (Lipinski definition) is 1. The zero-order valence-electron chi connectivity index (χ0n) is 10.5. The minimum absolute atomic E-state index is 0.102. The number of rotatable bonds is 7. The Labute approximate surface area is 99.6 Å². The predicted molar refractivity (Wildman–Crippen MR) is 71.5 cm³/mol. The van der Waals surface area contributed by atoms with Gasteiger partial charge < -0.3 is 5.32 Å². The van der Waals surface area contributed by atoms with Gasteiger partial charge in [0, 0.05) is 0 Å². The Kier molecular flexibility index (Phi) is 5.27. The van der Waals surface area contributed by atoms with Gasteiger partial charge in [-0.25, -0.2) is 0 Å². The summed E-state index contributed by atoms with van der Waals surface area (Å²) >= 11 is 0. The molecule has 1 aromatic carbocycles. The molecule has 1 N–H and O–H groups in total. The highest BCUT2D eigenvalue weighted by molar-refractivity contribution is 5.27. The van der Waals surface area contributed by atoms with Gasteiger partial charge in [0.15, 0.2) is 0 Å². The van der Waals surface area contributed by atoms with Crippen molar-refractivity contribution < 1.29 is 0 Å². The summed E-state index contributed by atoms with van der Waals surface area (Å²) in [7, 11) is 0. The molecule has 0 aliphatic heterocycles. The van der Waals surface area contributed by atoms with Crippen LogP contribution in [0.5, 0.6) is 0 Å². The zero-order chi connectivity index (χ0) is 11.9. The van der Waals surface area contributed by atoms with E-state index in [1.54, 1.807) is 0 Å². The Morgan fingerprint density at radius 2 is 1.94 bits per heavy atom. The van der Waals surface area contributed by atoms with E-state index in [9.17, 15) is 0 Å². The molecule has 1 aromatic rings. The molecule has 0 fully saturated rings. The lowest BCUT2D eigenvalue weighted by Crippen LogP contribution is -2.38. The van der Waals surface area contributed by atoms with E-state index >= 15 is 0 Å². The monoisotopic (exact) mass is 217 g/mol. The van der Waals surface area contributed by atoms with Crippen molar-refractivity contribution in [3.05, 3.63) is 48.6 Å². The molecule has 0 bridgehead atoms. The van der Waals surface area contributed by atoms with Crippen molar-refractivity contribution >= 4 is 0 Å². The Bertz CT molecular complexity index is 304. The third-order valence-electron chi connectivity index (χ3n) is 3.05. The van der Waals surface area contributed by atoms with Gasteiger partial charge in [-0.3, -0.25) is 0 Å². The van der Waals surface area contributed by atoms with Crippen LogP contribution >= 0.6 is 0 Å². The van der Waals surface area contributed by atoms with Crippen LogP contribution in [0.1, 0.15) is 38.7 Å². The summed E-state index contributed by atoms with van der Waals surface area (Å²) in [5, 5.41) is 3.58. The number of benzene rings is 1. The SMILES string of the molecule is C=CC(C)(NCCCCC)c1ccccc1. The molecule has 1 heteroatoms. The average molecular weight is 217 g/mol. The number of nitrogens with one attached hydrogen (secondary N) is 1. The van der Waals surface area contributed by atoms with Crippen molar-refractivity contribution in [3.63, 3.8) is 0 Å². The maximum atomic E-state index is 3.95. The first-order valence-corrected chi connectivity index (χ1v) is 6.17. The van der Waals surface area contributed by atoms with Crippen molar-refractivity contribution in [3.8, 4) is 0 Å². The van der Waals surface area contributed by atoms with Gasteiger partial charge in [-0.15, -0.1) is 6.58 Å². The fraction of sp³-hybridized carbons (Fsp3) is 0.467. The van der Waals surface area contributed by atoms with Crippen LogP contribution in [0.4, 0.5) is 0 Å². The number of hydrogen-bond donors (Lipinski definition) is 1. The van der Waals surface area contributed by atoms with Gasteiger partial charge in [-0.2, -0.15) is 0 Å². The first kappa shape index (κ1) is 13.0. The van der Waals surface area contributed by atoms with Crippen molar-refractivity contribution in [1.82, 2.24) is 5.32 Å². The second kappa shape index (κ2) is 6.49. The highest BCUT2D eigenvalue weighted by atomic mass is 15.0. The van der Waals surface area contributed by atoms with Crippen molar-refractivity contribution in [2.75, 3.05) is 6.54 Å². The standard InChI is InChI=1S/C15H23N/c1-4-6-10-13-16-15(3,5-2)14-11-8-7-9-12-14/h5,7-9,11-12,16H,2,4,6,10,13H2,1,3H3. The molecule has 0 aliphatic rings. The van der Waals surface area contributed by atoms with Crippen molar-refractivity contribution in [2.24, 2.45) is 0 Å². The quantitative estimate of drug-likeness (QED) is 0.540. The first-order valence-electron chi connectivity index (χ1n) is 6.17. The molecule has 0 amide bonds. The van der Waals surface area contributed by atoms with Gasteiger partial charge in [0.25, 0.3) is 0 Å². The summed E-state index contributed by atoms with van der Waals surface area (Å²) in [6.07, 6.45) is 5.77. The maximum absolute atomic E-state index is 3.95. The van der Waals surface area contributed by atoms with Crippen molar-refractivity contribution in [2.45, 2.75) is 38.6 Å². The topological polar surface area (TPSA) is 12.0 Å². The third-order valence-corrected chi connectivity index (χ3v) is 3.05. The fourth-order valence-corrected chi connectivity index (χ4v) is 1.80. The molecular formula is C15H23N. The van der Waals surface area contributed by atoms with E-state index in [4.69, 9.17) is 0 Å². The highest BCUT2D eigenvalue weighted by Crippen LogP contribution is 2.21. The molecule has 1 nitrogen and oxygen atoms in total. The Morgan fingerprint density at radius 1 is 1.25 bits per heavy atom. The molecule has 1 rings (SSSR count). The smallest absolute Gasteiger partial charge is 0.0589 e. The van der Waals surface area contributed by atoms with Gasteiger partial charge in [-0.05, 0) is 25.5 Å². The van der Waals surface area contributed by atoms with Crippen LogP contribution in [0.15, 0.2) is 43.0 Å². The van der Waals surface area contributed by atoms with Crippen LogP contribution in [-0.4, -0.2) is 6.54 Å². The number of unbranched alkanes of at least 4 members (excludes halogenated alkanes) is 2. The van der Waals surface area contributed by atoms with Crippen molar-refractivity contribution in [1.29, 1.82) is 0 Å². The summed E-state index contributed by atoms with van der Waals surface area (Å²) in [6, 6.07) is 10.5. The highest BCUT2D eigenvalue weighted by Gasteiger charge is 2.20. The molecule has 0 aliphatic carbocycles. The maximum Gasteiger partial charge on any atom is 0.0589 e. The van der Waals surface area contributed by atoms with Gasteiger partial charge in [-0.1, -0.05) is 56.2 Å². The zero-order valence-corrected chi connectivity index (χ0v) is 10.5. The van der Waals surface area contributed by atoms with Crippen LogP contribution in [0.2, 0.25) is 0 Å². The summed E-state index contributed by atoms with van der Waals surface area (Å²) in [5.41, 5.74) is 1.18. The van der Waals surface area contributed by atoms with E-state index < -0.39 is 0 Å². The molecule has 0 heterocycles. The van der Waals surface area contributed by atoms with Gasteiger partial charge in [0.2, 0.25) is 0 Å². The minimum atomic E-state index is -0.102. The van der Waals surface area contributed by atoms with Crippen LogP contribution < -0.4 is 5.32 Å². The molecule has 0 saturated carbocycles. The lowest BCUT2D eigenvalue weighted by molar-refractivity contribution is 0.444. The van der Waals surface area contributed by atoms with E-state index in [0.717, 1.165) is 6.54 Å². The van der Waals surface area contributed by atoms with E-state index in [1.165, 1.54) is 24.8 Å². The van der Waals surface area contributed by atoms with Crippen LogP contribution in [0.25, 0.3) is 0 Å². The lowest BCUT2D eigenvalue weighted by atomic mass is 9.92. The molecule has 0 spiro atoms. The second-order valence-electron chi connectivity index (χ2n) is 4.41. The molecular weight excluding hydrogens is 194 g/mol. The summed E-state index contributed by atoms with van der Waals surface area (Å²) in [6.45, 7) is 9.40. The van der Waals surface area contributed by atoms with E-state index in [0.29, 0.717) is 0 Å². The fourth-order valence-electron chi connectivity index (χ4n) is 1.80. The molecule has 0 aromatic heterocycles. The van der Waals surface area contributed by atoms with Crippen LogP contribution in [0.3, 0.4) is 0 Å². The minimum Gasteiger partial charge on any atom is -0.304 e. The molecule has 1 unspecified atom stereocenters. The lowest BCUT2D eigenvalue weighted by Gasteiger charge is -2.28. The summed E-state index contributed by atoms with van der Waals surface area (Å²) < 4.78 is 0. The van der Waals surface area contributed by atoms with Crippen LogP contribution in [-0.2, 0) is 5.54 Å². The molecule has 0 saturated heterocycles. The first-order chi connectivity index (χ1) is 7.73. The summed E-state index contributed by atoms with van der Waals surface area (Å²) in [5.74, 6) is 0. The largest absolute Gasteiger partial charge is 0.304 e. The average Bonchev–Trinajstić information content (AvgIpc) is 2.35. The molecule has 16 heavy (non-hydrogen) atoms. The van der Waals surface area contributed by atoms with E-state index in [1.807, 2.05) is 12.1 Å². The molecule has 1 atom stereocenters. The van der Waals surface area contributed by atoms with Crippen LogP contribution in [0, 0.1) is 0 Å². The third kappa shape index (κ3) is 3.49. The molecule has 88 valence electrons. The predicted octanol–water partition coefficient (Wildman–Crippen LogP) is 3.87. The Balaban J connectivity index is 2.60. The van der Waals surface area contributed by atoms with Gasteiger partial charge in [0.05, 0.1) is 5.54 Å². The Morgan fingerprint density at radius 3 is 2.50 bits per heavy atom. The second-order valence-corrected chi connectivity index (χ2v) is 4.41. The van der Waals surface area contributed by atoms with Gasteiger partial charge >= 0.3 is 0 Å². The van der Waals surface area contributed by atoms with E-state index in [-0.39, 0.29) is 5.54 Å². The molecule has 0 radical (unpaired) electrons. The Hall–Kier alpha value is -1.08.